The highest BCUT2D eigenvalue weighted by atomic mass is 16.3. The maximum Gasteiger partial charge on any atom is 0.0694 e. The van der Waals surface area contributed by atoms with Crippen molar-refractivity contribution in [2.45, 2.75) is 52.7 Å². The quantitative estimate of drug-likeness (QED) is 0.688. The van der Waals surface area contributed by atoms with Gasteiger partial charge >= 0.3 is 0 Å². The Bertz CT molecular complexity index is 167. The second-order valence-electron chi connectivity index (χ2n) is 5.38. The van der Waals surface area contributed by atoms with Crippen molar-refractivity contribution in [2.24, 2.45) is 23.0 Å². The van der Waals surface area contributed by atoms with E-state index in [0.29, 0.717) is 17.3 Å². The normalized spacial score (nSPS) is 35.8. The Balaban J connectivity index is 2.64. The lowest BCUT2D eigenvalue weighted by molar-refractivity contribution is 0.114. The molecule has 0 saturated heterocycles. The molecule has 2 nitrogen and oxygen atoms in total. The van der Waals surface area contributed by atoms with Crippen LogP contribution in [0, 0.1) is 17.3 Å². The van der Waals surface area contributed by atoms with Gasteiger partial charge in [0, 0.05) is 6.04 Å². The third kappa shape index (κ3) is 2.05. The molecular formula is C11H23NO. The van der Waals surface area contributed by atoms with Crippen LogP contribution in [0.15, 0.2) is 0 Å². The third-order valence-electron chi connectivity index (χ3n) is 4.12. The second-order valence-corrected chi connectivity index (χ2v) is 5.38. The topological polar surface area (TPSA) is 46.2 Å². The molecule has 1 rings (SSSR count). The van der Waals surface area contributed by atoms with Gasteiger partial charge in [0.1, 0.15) is 0 Å². The van der Waals surface area contributed by atoms with E-state index in [9.17, 15) is 5.11 Å². The summed E-state index contributed by atoms with van der Waals surface area (Å²) in [6.45, 7) is 9.06. The molecule has 3 atom stereocenters. The number of hydrogen-bond donors (Lipinski definition) is 2. The minimum Gasteiger partial charge on any atom is -0.392 e. The first-order chi connectivity index (χ1) is 5.85. The number of aliphatic hydroxyl groups is 1. The zero-order valence-electron chi connectivity index (χ0n) is 9.25. The number of rotatable bonds is 2. The molecule has 3 unspecified atom stereocenters. The van der Waals surface area contributed by atoms with Crippen molar-refractivity contribution in [3.8, 4) is 0 Å². The molecule has 0 aliphatic heterocycles. The van der Waals surface area contributed by atoms with Gasteiger partial charge in [0.25, 0.3) is 0 Å². The molecule has 0 heterocycles. The van der Waals surface area contributed by atoms with E-state index in [1.165, 1.54) is 0 Å². The molecule has 1 aliphatic rings. The summed E-state index contributed by atoms with van der Waals surface area (Å²) in [6.07, 6.45) is 1.58. The summed E-state index contributed by atoms with van der Waals surface area (Å²) in [4.78, 5) is 0. The molecule has 1 saturated carbocycles. The SMILES string of the molecule is CC(C)C(C)(C)C1CC(N)C(O)C1. The Hall–Kier alpha value is -0.0800. The molecule has 0 aromatic heterocycles. The first kappa shape index (κ1) is 11.0. The Kier molecular flexibility index (Phi) is 3.03. The van der Waals surface area contributed by atoms with Crippen molar-refractivity contribution in [3.05, 3.63) is 0 Å². The lowest BCUT2D eigenvalue weighted by atomic mass is 9.70. The van der Waals surface area contributed by atoms with Crippen LogP contribution in [0.4, 0.5) is 0 Å². The van der Waals surface area contributed by atoms with E-state index in [1.807, 2.05) is 0 Å². The van der Waals surface area contributed by atoms with Crippen molar-refractivity contribution >= 4 is 0 Å². The molecular weight excluding hydrogens is 162 g/mol. The first-order valence-electron chi connectivity index (χ1n) is 5.29. The summed E-state index contributed by atoms with van der Waals surface area (Å²) in [6, 6.07) is 0.00280. The van der Waals surface area contributed by atoms with Crippen molar-refractivity contribution in [3.63, 3.8) is 0 Å². The molecule has 0 spiro atoms. The average Bonchev–Trinajstić information content (AvgIpc) is 2.32. The van der Waals surface area contributed by atoms with Gasteiger partial charge in [-0.25, -0.2) is 0 Å². The third-order valence-corrected chi connectivity index (χ3v) is 4.12. The minimum atomic E-state index is -0.275. The smallest absolute Gasteiger partial charge is 0.0694 e. The lowest BCUT2D eigenvalue weighted by Gasteiger charge is -2.35. The molecule has 0 bridgehead atoms. The molecule has 3 N–H and O–H groups in total. The van der Waals surface area contributed by atoms with Crippen LogP contribution in [0.25, 0.3) is 0 Å². The predicted octanol–water partition coefficient (Wildman–Crippen LogP) is 1.77. The molecule has 78 valence electrons. The largest absolute Gasteiger partial charge is 0.392 e. The van der Waals surface area contributed by atoms with E-state index < -0.39 is 0 Å². The summed E-state index contributed by atoms with van der Waals surface area (Å²) >= 11 is 0. The monoisotopic (exact) mass is 185 g/mol. The van der Waals surface area contributed by atoms with E-state index in [0.717, 1.165) is 12.8 Å². The highest BCUT2D eigenvalue weighted by molar-refractivity contribution is 4.93. The molecule has 13 heavy (non-hydrogen) atoms. The molecule has 0 aromatic rings. The highest BCUT2D eigenvalue weighted by Crippen LogP contribution is 2.43. The predicted molar refractivity (Wildman–Crippen MR) is 55.3 cm³/mol. The molecule has 0 radical (unpaired) electrons. The van der Waals surface area contributed by atoms with Gasteiger partial charge in [-0.2, -0.15) is 0 Å². The van der Waals surface area contributed by atoms with Gasteiger partial charge in [-0.1, -0.05) is 27.7 Å². The van der Waals surface area contributed by atoms with Crippen LogP contribution < -0.4 is 5.73 Å². The van der Waals surface area contributed by atoms with Crippen LogP contribution in [0.1, 0.15) is 40.5 Å². The maximum atomic E-state index is 9.59. The average molecular weight is 185 g/mol. The van der Waals surface area contributed by atoms with Crippen molar-refractivity contribution in [1.29, 1.82) is 0 Å². The van der Waals surface area contributed by atoms with E-state index in [4.69, 9.17) is 5.73 Å². The molecule has 1 fully saturated rings. The highest BCUT2D eigenvalue weighted by Gasteiger charge is 2.40. The van der Waals surface area contributed by atoms with Crippen LogP contribution in [0.2, 0.25) is 0 Å². The van der Waals surface area contributed by atoms with Gasteiger partial charge in [-0.3, -0.25) is 0 Å². The van der Waals surface area contributed by atoms with Gasteiger partial charge in [0.05, 0.1) is 6.10 Å². The molecule has 2 heteroatoms. The van der Waals surface area contributed by atoms with Crippen molar-refractivity contribution in [1.82, 2.24) is 0 Å². The second kappa shape index (κ2) is 3.58. The van der Waals surface area contributed by atoms with Gasteiger partial charge in [0.2, 0.25) is 0 Å². The summed E-state index contributed by atoms with van der Waals surface area (Å²) in [7, 11) is 0. The van der Waals surface area contributed by atoms with E-state index in [-0.39, 0.29) is 12.1 Å². The fraction of sp³-hybridized carbons (Fsp3) is 1.00. The zero-order valence-corrected chi connectivity index (χ0v) is 9.25. The maximum absolute atomic E-state index is 9.59. The zero-order chi connectivity index (χ0) is 10.2. The summed E-state index contributed by atoms with van der Waals surface area (Å²) in [5.74, 6) is 1.23. The Labute approximate surface area is 81.5 Å². The molecule has 0 aromatic carbocycles. The van der Waals surface area contributed by atoms with Crippen LogP contribution in [-0.2, 0) is 0 Å². The van der Waals surface area contributed by atoms with Crippen LogP contribution >= 0.6 is 0 Å². The Morgan fingerprint density at radius 2 is 1.85 bits per heavy atom. The van der Waals surface area contributed by atoms with Gasteiger partial charge in [-0.05, 0) is 30.1 Å². The van der Waals surface area contributed by atoms with Crippen molar-refractivity contribution < 1.29 is 5.11 Å². The van der Waals surface area contributed by atoms with Crippen LogP contribution in [0.5, 0.6) is 0 Å². The van der Waals surface area contributed by atoms with Crippen LogP contribution in [0.3, 0.4) is 0 Å². The first-order valence-corrected chi connectivity index (χ1v) is 5.29. The van der Waals surface area contributed by atoms with Gasteiger partial charge in [0.15, 0.2) is 0 Å². The fourth-order valence-electron chi connectivity index (χ4n) is 2.13. The molecule has 1 aliphatic carbocycles. The fourth-order valence-corrected chi connectivity index (χ4v) is 2.13. The van der Waals surface area contributed by atoms with E-state index in [2.05, 4.69) is 27.7 Å². The Morgan fingerprint density at radius 1 is 1.31 bits per heavy atom. The standard InChI is InChI=1S/C11H23NO/c1-7(2)11(3,4)8-5-9(12)10(13)6-8/h7-10,13H,5-6,12H2,1-4H3. The van der Waals surface area contributed by atoms with Gasteiger partial charge in [-0.15, -0.1) is 0 Å². The number of aliphatic hydroxyl groups excluding tert-OH is 1. The summed E-state index contributed by atoms with van der Waals surface area (Å²) in [5, 5.41) is 9.59. The summed E-state index contributed by atoms with van der Waals surface area (Å²) in [5.41, 5.74) is 6.12. The van der Waals surface area contributed by atoms with Gasteiger partial charge < -0.3 is 10.8 Å². The number of nitrogens with two attached hydrogens (primary N) is 1. The summed E-state index contributed by atoms with van der Waals surface area (Å²) < 4.78 is 0. The Morgan fingerprint density at radius 3 is 2.15 bits per heavy atom. The molecule has 0 amide bonds. The number of hydrogen-bond acceptors (Lipinski definition) is 2. The van der Waals surface area contributed by atoms with E-state index in [1.54, 1.807) is 0 Å². The minimum absolute atomic E-state index is 0.00280. The van der Waals surface area contributed by atoms with Crippen molar-refractivity contribution in [2.75, 3.05) is 0 Å². The lowest BCUT2D eigenvalue weighted by Crippen LogP contribution is -2.29. The van der Waals surface area contributed by atoms with E-state index >= 15 is 0 Å². The van der Waals surface area contributed by atoms with Crippen LogP contribution in [-0.4, -0.2) is 17.3 Å².